The first-order valence-corrected chi connectivity index (χ1v) is 10.7. The molecule has 0 aliphatic carbocycles. The van der Waals surface area contributed by atoms with Crippen LogP contribution in [0.5, 0.6) is 0 Å². The summed E-state index contributed by atoms with van der Waals surface area (Å²) in [5.74, 6) is 0.973. The Bertz CT molecular complexity index is 462. The van der Waals surface area contributed by atoms with Crippen molar-refractivity contribution in [1.29, 1.82) is 0 Å². The quantitative estimate of drug-likeness (QED) is 0.177. The summed E-state index contributed by atoms with van der Waals surface area (Å²) in [6, 6.07) is 0. The van der Waals surface area contributed by atoms with Crippen molar-refractivity contribution < 1.29 is 9.53 Å². The largest absolute Gasteiger partial charge is 0.466 e. The van der Waals surface area contributed by atoms with E-state index in [9.17, 15) is 4.79 Å². The third-order valence-electron chi connectivity index (χ3n) is 5.72. The maximum atomic E-state index is 11.9. The Morgan fingerprint density at radius 2 is 1.68 bits per heavy atom. The zero-order valence-electron chi connectivity index (χ0n) is 18.0. The summed E-state index contributed by atoms with van der Waals surface area (Å²) in [4.78, 5) is 23.7. The van der Waals surface area contributed by atoms with E-state index in [1.807, 2.05) is 14.0 Å². The standard InChI is InChI=1S/C20H39N5O2.HI/c1-4-23-14-16-24(17-15-23)11-7-6-10-22-20(21-3)25-12-8-18(9-13-25)19(26)27-5-2;/h18H,4-17H2,1-3H3,(H,21,22);1H. The van der Waals surface area contributed by atoms with Crippen LogP contribution in [0.3, 0.4) is 0 Å². The van der Waals surface area contributed by atoms with Crippen LogP contribution in [-0.2, 0) is 9.53 Å². The number of likely N-dealkylation sites (N-methyl/N-ethyl adjacent to an activating group) is 1. The Balaban J connectivity index is 0.00000392. The van der Waals surface area contributed by atoms with E-state index in [1.165, 1.54) is 45.7 Å². The molecule has 8 heteroatoms. The van der Waals surface area contributed by atoms with Crippen molar-refractivity contribution in [3.63, 3.8) is 0 Å². The molecule has 7 nitrogen and oxygen atoms in total. The number of unbranched alkanes of at least 4 members (excludes halogenated alkanes) is 1. The molecular formula is C20H40IN5O2. The van der Waals surface area contributed by atoms with Crippen LogP contribution in [0.15, 0.2) is 4.99 Å². The van der Waals surface area contributed by atoms with Crippen LogP contribution in [0, 0.1) is 5.92 Å². The van der Waals surface area contributed by atoms with Gasteiger partial charge in [0.2, 0.25) is 0 Å². The first kappa shape index (κ1) is 25.4. The molecule has 0 saturated carbocycles. The number of hydrogen-bond acceptors (Lipinski definition) is 5. The van der Waals surface area contributed by atoms with Crippen molar-refractivity contribution in [2.45, 2.75) is 39.5 Å². The van der Waals surface area contributed by atoms with Gasteiger partial charge in [0.1, 0.15) is 0 Å². The van der Waals surface area contributed by atoms with Gasteiger partial charge in [-0.25, -0.2) is 0 Å². The molecule has 0 radical (unpaired) electrons. The van der Waals surface area contributed by atoms with Gasteiger partial charge in [0.25, 0.3) is 0 Å². The smallest absolute Gasteiger partial charge is 0.309 e. The van der Waals surface area contributed by atoms with E-state index in [2.05, 4.69) is 31.9 Å². The van der Waals surface area contributed by atoms with Gasteiger partial charge in [0.05, 0.1) is 12.5 Å². The molecule has 0 aromatic rings. The van der Waals surface area contributed by atoms with E-state index in [1.54, 1.807) is 0 Å². The third-order valence-corrected chi connectivity index (χ3v) is 5.72. The van der Waals surface area contributed by atoms with Gasteiger partial charge < -0.3 is 24.8 Å². The molecule has 1 N–H and O–H groups in total. The molecule has 0 unspecified atom stereocenters. The number of likely N-dealkylation sites (tertiary alicyclic amines) is 1. The number of rotatable bonds is 8. The number of nitrogens with one attached hydrogen (secondary N) is 1. The predicted octanol–water partition coefficient (Wildman–Crippen LogP) is 1.87. The first-order valence-electron chi connectivity index (χ1n) is 10.7. The van der Waals surface area contributed by atoms with Crippen LogP contribution in [0.2, 0.25) is 0 Å². The maximum absolute atomic E-state index is 11.9. The second kappa shape index (κ2) is 14.4. The highest BCUT2D eigenvalue weighted by Crippen LogP contribution is 2.18. The lowest BCUT2D eigenvalue weighted by Crippen LogP contribution is -2.47. The molecule has 0 aromatic heterocycles. The van der Waals surface area contributed by atoms with Crippen molar-refractivity contribution in [3.05, 3.63) is 0 Å². The van der Waals surface area contributed by atoms with E-state index >= 15 is 0 Å². The van der Waals surface area contributed by atoms with E-state index in [4.69, 9.17) is 4.74 Å². The van der Waals surface area contributed by atoms with Gasteiger partial charge in [-0.3, -0.25) is 9.79 Å². The van der Waals surface area contributed by atoms with Crippen LogP contribution in [-0.4, -0.2) is 99.2 Å². The summed E-state index contributed by atoms with van der Waals surface area (Å²) in [7, 11) is 1.84. The van der Waals surface area contributed by atoms with Crippen LogP contribution in [0.25, 0.3) is 0 Å². The fourth-order valence-corrected chi connectivity index (χ4v) is 3.91. The van der Waals surface area contributed by atoms with Crippen molar-refractivity contribution >= 4 is 35.9 Å². The van der Waals surface area contributed by atoms with Crippen LogP contribution >= 0.6 is 24.0 Å². The SMILES string of the molecule is CCOC(=O)C1CCN(C(=NC)NCCCCN2CCN(CC)CC2)CC1.I. The lowest BCUT2D eigenvalue weighted by molar-refractivity contribution is -0.149. The summed E-state index contributed by atoms with van der Waals surface area (Å²) in [5, 5.41) is 3.50. The molecule has 2 aliphatic heterocycles. The average molecular weight is 509 g/mol. The van der Waals surface area contributed by atoms with Crippen molar-refractivity contribution in [2.75, 3.05) is 72.6 Å². The highest BCUT2D eigenvalue weighted by Gasteiger charge is 2.27. The van der Waals surface area contributed by atoms with Gasteiger partial charge in [-0.1, -0.05) is 6.92 Å². The first-order chi connectivity index (χ1) is 13.2. The molecule has 0 spiro atoms. The van der Waals surface area contributed by atoms with Crippen LogP contribution in [0.1, 0.15) is 39.5 Å². The Kier molecular flexibility index (Phi) is 13.1. The van der Waals surface area contributed by atoms with E-state index < -0.39 is 0 Å². The summed E-state index contributed by atoms with van der Waals surface area (Å²) in [5.41, 5.74) is 0. The molecule has 2 saturated heterocycles. The highest BCUT2D eigenvalue weighted by molar-refractivity contribution is 14.0. The molecular weight excluding hydrogens is 469 g/mol. The fraction of sp³-hybridized carbons (Fsp3) is 0.900. The van der Waals surface area contributed by atoms with Gasteiger partial charge in [-0.15, -0.1) is 24.0 Å². The molecule has 2 rings (SSSR count). The number of halogens is 1. The minimum Gasteiger partial charge on any atom is -0.466 e. The second-order valence-electron chi connectivity index (χ2n) is 7.47. The van der Waals surface area contributed by atoms with Crippen molar-refractivity contribution in [2.24, 2.45) is 10.9 Å². The predicted molar refractivity (Wildman–Crippen MR) is 125 cm³/mol. The van der Waals surface area contributed by atoms with Crippen LogP contribution in [0.4, 0.5) is 0 Å². The van der Waals surface area contributed by atoms with Gasteiger partial charge in [-0.05, 0) is 45.7 Å². The number of carbonyl (C=O) groups excluding carboxylic acids is 1. The topological polar surface area (TPSA) is 60.4 Å². The Morgan fingerprint density at radius 1 is 1.04 bits per heavy atom. The lowest BCUT2D eigenvalue weighted by atomic mass is 9.97. The Morgan fingerprint density at radius 3 is 2.25 bits per heavy atom. The molecule has 2 aliphatic rings. The number of carbonyl (C=O) groups is 1. The van der Waals surface area contributed by atoms with E-state index in [-0.39, 0.29) is 35.9 Å². The molecule has 2 heterocycles. The summed E-state index contributed by atoms with van der Waals surface area (Å²) in [6.07, 6.45) is 4.08. The maximum Gasteiger partial charge on any atom is 0.309 e. The molecule has 164 valence electrons. The van der Waals surface area contributed by atoms with Gasteiger partial charge in [0.15, 0.2) is 5.96 Å². The van der Waals surface area contributed by atoms with E-state index in [0.29, 0.717) is 6.61 Å². The lowest BCUT2D eigenvalue weighted by Gasteiger charge is -2.34. The van der Waals surface area contributed by atoms with Crippen molar-refractivity contribution in [3.8, 4) is 0 Å². The van der Waals surface area contributed by atoms with Crippen LogP contribution < -0.4 is 5.32 Å². The average Bonchev–Trinajstić information content (AvgIpc) is 2.71. The number of guanidine groups is 1. The minimum atomic E-state index is -0.0418. The van der Waals surface area contributed by atoms with Gasteiger partial charge >= 0.3 is 5.97 Å². The number of piperidine rings is 1. The van der Waals surface area contributed by atoms with Gasteiger partial charge in [0, 0.05) is 52.9 Å². The highest BCUT2D eigenvalue weighted by atomic mass is 127. The minimum absolute atomic E-state index is 0. The molecule has 28 heavy (non-hydrogen) atoms. The van der Waals surface area contributed by atoms with Gasteiger partial charge in [-0.2, -0.15) is 0 Å². The molecule has 0 amide bonds. The number of nitrogens with zero attached hydrogens (tertiary/aromatic N) is 4. The fourth-order valence-electron chi connectivity index (χ4n) is 3.91. The normalized spacial score (nSPS) is 20.0. The molecule has 0 aromatic carbocycles. The Labute approximate surface area is 188 Å². The third kappa shape index (κ3) is 8.41. The number of hydrogen-bond donors (Lipinski definition) is 1. The molecule has 0 bridgehead atoms. The zero-order chi connectivity index (χ0) is 19.5. The second-order valence-corrected chi connectivity index (χ2v) is 7.47. The number of piperazine rings is 1. The number of aliphatic imine (C=N–C) groups is 1. The number of esters is 1. The number of ether oxygens (including phenoxy) is 1. The summed E-state index contributed by atoms with van der Waals surface area (Å²) < 4.78 is 5.15. The van der Waals surface area contributed by atoms with E-state index in [0.717, 1.165) is 44.9 Å². The summed E-state index contributed by atoms with van der Waals surface area (Å²) in [6.45, 7) is 14.5. The monoisotopic (exact) mass is 509 g/mol. The molecule has 2 fully saturated rings. The summed E-state index contributed by atoms with van der Waals surface area (Å²) >= 11 is 0. The zero-order valence-corrected chi connectivity index (χ0v) is 20.3. The molecule has 0 atom stereocenters. The van der Waals surface area contributed by atoms with Crippen molar-refractivity contribution in [1.82, 2.24) is 20.0 Å². The Hall–Kier alpha value is -0.610.